The van der Waals surface area contributed by atoms with Crippen LogP contribution < -0.4 is 4.90 Å². The number of hydrogen-bond donors (Lipinski definition) is 0. The minimum absolute atomic E-state index is 0.0132. The molecule has 0 N–H and O–H groups in total. The molecule has 0 radical (unpaired) electrons. The first-order valence-electron chi connectivity index (χ1n) is 9.91. The second-order valence-electron chi connectivity index (χ2n) is 8.18. The van der Waals surface area contributed by atoms with Crippen molar-refractivity contribution >= 4 is 33.4 Å². The molecule has 1 aromatic rings. The van der Waals surface area contributed by atoms with E-state index in [-0.39, 0.29) is 36.0 Å². The second-order valence-corrected chi connectivity index (χ2v) is 10.4. The first kappa shape index (κ1) is 19.9. The van der Waals surface area contributed by atoms with Crippen molar-refractivity contribution < 1.29 is 22.8 Å². The summed E-state index contributed by atoms with van der Waals surface area (Å²) in [4.78, 5) is 42.7. The lowest BCUT2D eigenvalue weighted by molar-refractivity contribution is -0.139. The third-order valence-corrected chi connectivity index (χ3v) is 7.63. The predicted molar refractivity (Wildman–Crippen MR) is 107 cm³/mol. The Labute approximate surface area is 170 Å². The number of rotatable bonds is 5. The molecule has 0 bridgehead atoms. The van der Waals surface area contributed by atoms with Gasteiger partial charge in [-0.15, -0.1) is 0 Å². The van der Waals surface area contributed by atoms with E-state index in [4.69, 9.17) is 0 Å². The maximum Gasteiger partial charge on any atom is 0.332 e. The van der Waals surface area contributed by atoms with E-state index in [9.17, 15) is 22.8 Å². The van der Waals surface area contributed by atoms with E-state index in [0.717, 1.165) is 23.3 Å². The Morgan fingerprint density at radius 3 is 2.31 bits per heavy atom. The van der Waals surface area contributed by atoms with Crippen LogP contribution in [0.3, 0.4) is 0 Å². The highest BCUT2D eigenvalue weighted by Gasteiger charge is 2.47. The van der Waals surface area contributed by atoms with Crippen LogP contribution in [-0.4, -0.2) is 72.2 Å². The van der Waals surface area contributed by atoms with Crippen LogP contribution in [0.5, 0.6) is 0 Å². The molecule has 2 heterocycles. The quantitative estimate of drug-likeness (QED) is 0.671. The van der Waals surface area contributed by atoms with E-state index in [1.807, 2.05) is 19.1 Å². The fraction of sp³-hybridized carbons (Fsp3) is 0.550. The van der Waals surface area contributed by atoms with Crippen molar-refractivity contribution in [2.24, 2.45) is 0 Å². The van der Waals surface area contributed by atoms with Crippen molar-refractivity contribution in [1.82, 2.24) is 9.80 Å². The fourth-order valence-corrected chi connectivity index (χ4v) is 5.89. The zero-order valence-corrected chi connectivity index (χ0v) is 17.4. The molecule has 1 saturated carbocycles. The van der Waals surface area contributed by atoms with Crippen molar-refractivity contribution in [2.75, 3.05) is 23.0 Å². The molecule has 2 aliphatic heterocycles. The molecule has 1 aliphatic carbocycles. The zero-order valence-electron chi connectivity index (χ0n) is 16.6. The molecule has 0 unspecified atom stereocenters. The van der Waals surface area contributed by atoms with Crippen molar-refractivity contribution in [3.05, 3.63) is 29.8 Å². The molecular formula is C20H25N3O5S. The van der Waals surface area contributed by atoms with E-state index in [1.54, 1.807) is 24.0 Å². The summed E-state index contributed by atoms with van der Waals surface area (Å²) in [5.74, 6) is -0.732. The number of nitrogens with zero attached hydrogens (tertiary/aromatic N) is 3. The van der Waals surface area contributed by atoms with E-state index >= 15 is 0 Å². The average molecular weight is 420 g/mol. The number of urea groups is 1. The van der Waals surface area contributed by atoms with Gasteiger partial charge in [0.05, 0.1) is 11.5 Å². The number of amides is 4. The Hall–Kier alpha value is -2.42. The SMILES string of the molecule is Cc1ccc(N2C(=O)N(CC(=O)N(C3CC3)[C@H]3CCS(=O)(=O)C3)C(=O)[C@@H]2C)cc1. The average Bonchev–Trinajstić information content (AvgIpc) is 3.39. The standard InChI is InChI=1S/C20H25N3O5S/c1-13-3-5-15(6-4-13)22-14(2)19(25)21(20(22)26)11-18(24)23(16-7-8-16)17-9-10-29(27,28)12-17/h3-6,14,16-17H,7-12H2,1-2H3/t14-,17-/m0/s1. The Balaban J connectivity index is 1.52. The molecule has 3 aliphatic rings. The number of anilines is 1. The molecule has 4 rings (SSSR count). The molecule has 9 heteroatoms. The normalized spacial score (nSPS) is 26.3. The molecule has 2 saturated heterocycles. The largest absolute Gasteiger partial charge is 0.334 e. The zero-order chi connectivity index (χ0) is 20.9. The van der Waals surface area contributed by atoms with Crippen LogP contribution in [0, 0.1) is 6.92 Å². The number of aryl methyl sites for hydroxylation is 1. The summed E-state index contributed by atoms with van der Waals surface area (Å²) in [5, 5.41) is 0. The summed E-state index contributed by atoms with van der Waals surface area (Å²) in [5.41, 5.74) is 1.65. The van der Waals surface area contributed by atoms with Gasteiger partial charge in [0.2, 0.25) is 5.91 Å². The second kappa shape index (κ2) is 7.12. The number of carbonyl (C=O) groups is 3. The lowest BCUT2D eigenvalue weighted by Gasteiger charge is -2.29. The summed E-state index contributed by atoms with van der Waals surface area (Å²) < 4.78 is 23.7. The van der Waals surface area contributed by atoms with Gasteiger partial charge in [0.25, 0.3) is 5.91 Å². The molecule has 0 spiro atoms. The van der Waals surface area contributed by atoms with Gasteiger partial charge in [0, 0.05) is 17.8 Å². The van der Waals surface area contributed by atoms with Crippen LogP contribution in [0.15, 0.2) is 24.3 Å². The summed E-state index contributed by atoms with van der Waals surface area (Å²) in [6.07, 6.45) is 2.07. The van der Waals surface area contributed by atoms with Gasteiger partial charge in [-0.05, 0) is 45.2 Å². The van der Waals surface area contributed by atoms with Gasteiger partial charge in [-0.25, -0.2) is 13.2 Å². The number of sulfone groups is 1. The first-order chi connectivity index (χ1) is 13.7. The highest BCUT2D eigenvalue weighted by Crippen LogP contribution is 2.33. The van der Waals surface area contributed by atoms with Crippen LogP contribution in [-0.2, 0) is 19.4 Å². The Kier molecular flexibility index (Phi) is 4.88. The Morgan fingerprint density at radius 2 is 1.76 bits per heavy atom. The van der Waals surface area contributed by atoms with E-state index < -0.39 is 27.8 Å². The summed E-state index contributed by atoms with van der Waals surface area (Å²) >= 11 is 0. The number of hydrogen-bond acceptors (Lipinski definition) is 5. The van der Waals surface area contributed by atoms with Crippen LogP contribution in [0.25, 0.3) is 0 Å². The maximum atomic E-state index is 13.0. The lowest BCUT2D eigenvalue weighted by atomic mass is 10.2. The van der Waals surface area contributed by atoms with Crippen LogP contribution in [0.2, 0.25) is 0 Å². The minimum Gasteiger partial charge on any atom is -0.334 e. The molecule has 8 nitrogen and oxygen atoms in total. The molecule has 1 aromatic carbocycles. The van der Waals surface area contributed by atoms with E-state index in [2.05, 4.69) is 0 Å². The highest BCUT2D eigenvalue weighted by atomic mass is 32.2. The minimum atomic E-state index is -3.14. The van der Waals surface area contributed by atoms with Crippen molar-refractivity contribution in [1.29, 1.82) is 0 Å². The Bertz CT molecular complexity index is 955. The van der Waals surface area contributed by atoms with Crippen molar-refractivity contribution in [3.63, 3.8) is 0 Å². The van der Waals surface area contributed by atoms with Crippen LogP contribution in [0.1, 0.15) is 31.7 Å². The molecular weight excluding hydrogens is 394 g/mol. The van der Waals surface area contributed by atoms with Gasteiger partial charge < -0.3 is 4.90 Å². The van der Waals surface area contributed by atoms with Crippen molar-refractivity contribution in [3.8, 4) is 0 Å². The first-order valence-corrected chi connectivity index (χ1v) is 11.7. The van der Waals surface area contributed by atoms with E-state index in [0.29, 0.717) is 12.1 Å². The smallest absolute Gasteiger partial charge is 0.332 e. The molecule has 3 fully saturated rings. The molecule has 4 amide bonds. The molecule has 2 atom stereocenters. The number of benzene rings is 1. The third-order valence-electron chi connectivity index (χ3n) is 5.88. The van der Waals surface area contributed by atoms with E-state index in [1.165, 1.54) is 4.90 Å². The van der Waals surface area contributed by atoms with Gasteiger partial charge >= 0.3 is 6.03 Å². The third kappa shape index (κ3) is 3.75. The summed E-state index contributed by atoms with van der Waals surface area (Å²) in [7, 11) is -3.14. The maximum absolute atomic E-state index is 13.0. The van der Waals surface area contributed by atoms with Crippen LogP contribution in [0.4, 0.5) is 10.5 Å². The molecule has 156 valence electrons. The highest BCUT2D eigenvalue weighted by molar-refractivity contribution is 7.91. The van der Waals surface area contributed by atoms with Gasteiger partial charge in [-0.1, -0.05) is 17.7 Å². The summed E-state index contributed by atoms with van der Waals surface area (Å²) in [6.45, 7) is 3.23. The molecule has 29 heavy (non-hydrogen) atoms. The lowest BCUT2D eigenvalue weighted by Crippen LogP contribution is -2.49. The Morgan fingerprint density at radius 1 is 1.10 bits per heavy atom. The topological polar surface area (TPSA) is 95.1 Å². The number of carbonyl (C=O) groups excluding carboxylic acids is 3. The van der Waals surface area contributed by atoms with Gasteiger partial charge in [0.15, 0.2) is 9.84 Å². The van der Waals surface area contributed by atoms with Gasteiger partial charge in [0.1, 0.15) is 12.6 Å². The van der Waals surface area contributed by atoms with Crippen molar-refractivity contribution in [2.45, 2.75) is 51.2 Å². The van der Waals surface area contributed by atoms with Crippen LogP contribution >= 0.6 is 0 Å². The predicted octanol–water partition coefficient (Wildman–Crippen LogP) is 1.33. The summed E-state index contributed by atoms with van der Waals surface area (Å²) in [6, 6.07) is 5.72. The molecule has 0 aromatic heterocycles. The number of imide groups is 1. The fourth-order valence-electron chi connectivity index (χ4n) is 4.18. The van der Waals surface area contributed by atoms with Gasteiger partial charge in [-0.2, -0.15) is 0 Å². The van der Waals surface area contributed by atoms with Gasteiger partial charge in [-0.3, -0.25) is 19.4 Å². The monoisotopic (exact) mass is 419 g/mol.